The molecule has 0 aliphatic heterocycles. The molecule has 0 fully saturated rings. The van der Waals surface area contributed by atoms with Crippen molar-refractivity contribution in [2.45, 2.75) is 18.8 Å². The van der Waals surface area contributed by atoms with Gasteiger partial charge in [0.2, 0.25) is 0 Å². The molecule has 0 spiro atoms. The zero-order valence-corrected chi connectivity index (χ0v) is 32.1. The van der Waals surface area contributed by atoms with Crippen molar-refractivity contribution in [2.75, 3.05) is 11.5 Å². The summed E-state index contributed by atoms with van der Waals surface area (Å²) < 4.78 is 97.6. The minimum Gasteiger partial charge on any atom is -0.456 e. The molecule has 0 radical (unpaired) electrons. The summed E-state index contributed by atoms with van der Waals surface area (Å²) in [5.74, 6) is -0.370. The number of fused-ring (bicyclic) bond motifs is 3. The zero-order valence-electron chi connectivity index (χ0n) is 32.1. The molecule has 4 N–H and O–H groups in total. The van der Waals surface area contributed by atoms with Crippen molar-refractivity contribution in [1.82, 2.24) is 0 Å². The first-order chi connectivity index (χ1) is 29.3. The van der Waals surface area contributed by atoms with Gasteiger partial charge >= 0.3 is 12.4 Å². The van der Waals surface area contributed by atoms with Crippen LogP contribution in [0, 0.1) is 0 Å². The smallest absolute Gasteiger partial charge is 0.420 e. The Morgan fingerprint density at radius 3 is 1.38 bits per heavy atom. The maximum absolute atomic E-state index is 14.2. The Morgan fingerprint density at radius 1 is 0.377 bits per heavy atom. The van der Waals surface area contributed by atoms with Gasteiger partial charge in [0.1, 0.15) is 34.1 Å². The SMILES string of the molecule is Nc1ccc(Oc2ccc(-c3ccc4c(c3-c3ccc(Oc5ccc(N)cc5C(F)(F)F)c(-c5ccccc5)c3)Cc3ccccc3-4)cc2-c2ccccc2)c(C(F)(F)F)c1. The number of nitrogen functional groups attached to an aromatic ring is 2. The van der Waals surface area contributed by atoms with Crippen LogP contribution in [-0.4, -0.2) is 0 Å². The number of hydrogen-bond acceptors (Lipinski definition) is 4. The molecule has 0 bridgehead atoms. The van der Waals surface area contributed by atoms with E-state index in [1.807, 2.05) is 103 Å². The molecular formula is C51H34F6N2O2. The minimum atomic E-state index is -4.72. The predicted molar refractivity (Wildman–Crippen MR) is 228 cm³/mol. The number of benzene rings is 8. The molecule has 1 aliphatic carbocycles. The van der Waals surface area contributed by atoms with Gasteiger partial charge in [-0.3, -0.25) is 0 Å². The second-order valence-electron chi connectivity index (χ2n) is 14.7. The van der Waals surface area contributed by atoms with Crippen molar-refractivity contribution in [2.24, 2.45) is 0 Å². The molecule has 8 aromatic carbocycles. The van der Waals surface area contributed by atoms with Crippen LogP contribution in [0.2, 0.25) is 0 Å². The van der Waals surface area contributed by atoms with Gasteiger partial charge in [-0.15, -0.1) is 0 Å². The van der Waals surface area contributed by atoms with E-state index in [9.17, 15) is 26.3 Å². The van der Waals surface area contributed by atoms with Gasteiger partial charge in [0.05, 0.1) is 0 Å². The molecule has 0 saturated carbocycles. The molecule has 9 rings (SSSR count). The first-order valence-corrected chi connectivity index (χ1v) is 19.2. The molecule has 1 aliphatic rings. The number of ether oxygens (including phenoxy) is 2. The summed E-state index contributed by atoms with van der Waals surface area (Å²) in [5.41, 5.74) is 19.5. The van der Waals surface area contributed by atoms with Crippen molar-refractivity contribution < 1.29 is 35.8 Å². The summed E-state index contributed by atoms with van der Waals surface area (Å²) >= 11 is 0. The molecule has 0 unspecified atom stereocenters. The summed E-state index contributed by atoms with van der Waals surface area (Å²) in [6, 6.07) is 48.4. The first kappa shape index (κ1) is 39.0. The van der Waals surface area contributed by atoms with Gasteiger partial charge in [0.25, 0.3) is 0 Å². The van der Waals surface area contributed by atoms with Crippen LogP contribution in [-0.2, 0) is 18.8 Å². The van der Waals surface area contributed by atoms with E-state index in [1.54, 1.807) is 12.1 Å². The number of halogens is 6. The van der Waals surface area contributed by atoms with Crippen LogP contribution < -0.4 is 20.9 Å². The molecular weight excluding hydrogens is 787 g/mol. The van der Waals surface area contributed by atoms with Crippen molar-refractivity contribution in [3.05, 3.63) is 192 Å². The highest BCUT2D eigenvalue weighted by molar-refractivity contribution is 5.96. The Morgan fingerprint density at radius 2 is 0.836 bits per heavy atom. The van der Waals surface area contributed by atoms with E-state index in [2.05, 4.69) is 18.2 Å². The normalized spacial score (nSPS) is 12.2. The van der Waals surface area contributed by atoms with E-state index in [4.69, 9.17) is 20.9 Å². The Hall–Kier alpha value is -7.46. The monoisotopic (exact) mass is 820 g/mol. The Labute approximate surface area is 347 Å². The highest BCUT2D eigenvalue weighted by Gasteiger charge is 2.36. The van der Waals surface area contributed by atoms with Gasteiger partial charge in [-0.2, -0.15) is 26.3 Å². The van der Waals surface area contributed by atoms with E-state index in [-0.39, 0.29) is 34.4 Å². The van der Waals surface area contributed by atoms with Gasteiger partial charge < -0.3 is 20.9 Å². The third-order valence-electron chi connectivity index (χ3n) is 10.8. The average Bonchev–Trinajstić information content (AvgIpc) is 3.63. The predicted octanol–water partition coefficient (Wildman–Crippen LogP) is 14.7. The van der Waals surface area contributed by atoms with Crippen LogP contribution in [0.25, 0.3) is 55.6 Å². The van der Waals surface area contributed by atoms with Crippen molar-refractivity contribution >= 4 is 11.4 Å². The van der Waals surface area contributed by atoms with Gasteiger partial charge in [-0.1, -0.05) is 109 Å². The molecule has 0 aromatic heterocycles. The maximum atomic E-state index is 14.2. The van der Waals surface area contributed by atoms with E-state index >= 15 is 0 Å². The fourth-order valence-electron chi connectivity index (χ4n) is 7.98. The summed E-state index contributed by atoms with van der Waals surface area (Å²) in [4.78, 5) is 0. The molecule has 8 aromatic rings. The Bertz CT molecular complexity index is 2950. The standard InChI is InChI=1S/C51H34F6N2O2/c52-50(53,54)43-28-35(58)17-23-47(43)60-45-21-15-33(25-40(45)30-9-3-1-4-10-30)38-19-20-39-37-14-8-7-13-32(37)26-42(39)49(38)34-16-22-46(41(27-34)31-11-5-2-6-12-31)61-48-24-18-36(59)29-44(48)51(55,56)57/h1-25,27-29H,26,58-59H2. The summed E-state index contributed by atoms with van der Waals surface area (Å²) in [6.07, 6.45) is -8.83. The lowest BCUT2D eigenvalue weighted by atomic mass is 9.86. The molecule has 4 nitrogen and oxygen atoms in total. The van der Waals surface area contributed by atoms with Gasteiger partial charge in [-0.05, 0) is 123 Å². The second kappa shape index (κ2) is 15.3. The number of alkyl halides is 6. The fraction of sp³-hybridized carbons (Fsp3) is 0.0588. The topological polar surface area (TPSA) is 70.5 Å². The third-order valence-corrected chi connectivity index (χ3v) is 10.8. The fourth-order valence-corrected chi connectivity index (χ4v) is 7.98. The minimum absolute atomic E-state index is 0.0453. The van der Waals surface area contributed by atoms with Crippen LogP contribution in [0.4, 0.5) is 37.7 Å². The van der Waals surface area contributed by atoms with E-state index in [1.165, 1.54) is 24.3 Å². The van der Waals surface area contributed by atoms with Crippen LogP contribution >= 0.6 is 0 Å². The van der Waals surface area contributed by atoms with E-state index in [0.717, 1.165) is 62.2 Å². The van der Waals surface area contributed by atoms with E-state index < -0.39 is 23.5 Å². The van der Waals surface area contributed by atoms with Gasteiger partial charge in [0.15, 0.2) is 0 Å². The summed E-state index contributed by atoms with van der Waals surface area (Å²) in [7, 11) is 0. The first-order valence-electron chi connectivity index (χ1n) is 19.2. The Balaban J connectivity index is 1.24. The van der Waals surface area contributed by atoms with Crippen LogP contribution in [0.15, 0.2) is 170 Å². The molecule has 0 heterocycles. The molecule has 0 saturated heterocycles. The van der Waals surface area contributed by atoms with Crippen molar-refractivity contribution in [1.29, 1.82) is 0 Å². The molecule has 61 heavy (non-hydrogen) atoms. The molecule has 0 amide bonds. The van der Waals surface area contributed by atoms with Crippen LogP contribution in [0.3, 0.4) is 0 Å². The number of anilines is 2. The van der Waals surface area contributed by atoms with Gasteiger partial charge in [0, 0.05) is 22.5 Å². The summed E-state index contributed by atoms with van der Waals surface area (Å²) in [6.45, 7) is 0. The molecule has 0 atom stereocenters. The van der Waals surface area contributed by atoms with E-state index in [0.29, 0.717) is 23.1 Å². The molecule has 10 heteroatoms. The van der Waals surface area contributed by atoms with Crippen molar-refractivity contribution in [3.63, 3.8) is 0 Å². The Kier molecular flexibility index (Phi) is 9.78. The third kappa shape index (κ3) is 7.64. The number of rotatable bonds is 8. The largest absolute Gasteiger partial charge is 0.456 e. The van der Waals surface area contributed by atoms with Gasteiger partial charge in [-0.25, -0.2) is 0 Å². The lowest BCUT2D eigenvalue weighted by Gasteiger charge is -2.21. The lowest BCUT2D eigenvalue weighted by molar-refractivity contribution is -0.139. The zero-order chi connectivity index (χ0) is 42.5. The number of nitrogens with two attached hydrogens (primary N) is 2. The highest BCUT2D eigenvalue weighted by Crippen LogP contribution is 2.50. The quantitative estimate of drug-likeness (QED) is 0.118. The lowest BCUT2D eigenvalue weighted by Crippen LogP contribution is -2.08. The highest BCUT2D eigenvalue weighted by atomic mass is 19.4. The summed E-state index contributed by atoms with van der Waals surface area (Å²) in [5, 5.41) is 0. The second-order valence-corrected chi connectivity index (χ2v) is 14.7. The average molecular weight is 821 g/mol. The maximum Gasteiger partial charge on any atom is 0.420 e. The van der Waals surface area contributed by atoms with Crippen LogP contribution in [0.1, 0.15) is 22.3 Å². The molecule has 302 valence electrons. The van der Waals surface area contributed by atoms with Crippen LogP contribution in [0.5, 0.6) is 23.0 Å². The van der Waals surface area contributed by atoms with Crippen molar-refractivity contribution in [3.8, 4) is 78.6 Å². The number of hydrogen-bond donors (Lipinski definition) is 2.